The minimum absolute atomic E-state index is 0.0354. The van der Waals surface area contributed by atoms with E-state index in [4.69, 9.17) is 23.2 Å². The molecule has 1 aromatic carbocycles. The third-order valence-corrected chi connectivity index (χ3v) is 5.29. The lowest BCUT2D eigenvalue weighted by Gasteiger charge is -2.34. The van der Waals surface area contributed by atoms with E-state index in [-0.39, 0.29) is 11.8 Å². The highest BCUT2D eigenvalue weighted by Gasteiger charge is 2.26. The fourth-order valence-corrected chi connectivity index (χ4v) is 3.73. The Kier molecular flexibility index (Phi) is 4.90. The lowest BCUT2D eigenvalue weighted by molar-refractivity contribution is 0.0538. The van der Waals surface area contributed by atoms with Crippen LogP contribution in [0.1, 0.15) is 20.0 Å². The van der Waals surface area contributed by atoms with Gasteiger partial charge in [0, 0.05) is 26.2 Å². The van der Waals surface area contributed by atoms with E-state index < -0.39 is 0 Å². The molecular weight excluding hydrogens is 355 g/mol. The second-order valence-corrected chi connectivity index (χ2v) is 7.29. The van der Waals surface area contributed by atoms with Gasteiger partial charge in [-0.25, -0.2) is 0 Å². The zero-order valence-corrected chi connectivity index (χ0v) is 14.5. The smallest absolute Gasteiger partial charge is 0.264 e. The maximum atomic E-state index is 12.5. The first-order chi connectivity index (χ1) is 11.1. The lowest BCUT2D eigenvalue weighted by Crippen LogP contribution is -2.50. The molecule has 1 aromatic heterocycles. The zero-order valence-electron chi connectivity index (χ0n) is 12.2. The van der Waals surface area contributed by atoms with Crippen LogP contribution < -0.4 is 0 Å². The molecule has 1 saturated heterocycles. The average molecular weight is 369 g/mol. The first-order valence-corrected chi connectivity index (χ1v) is 8.72. The van der Waals surface area contributed by atoms with Gasteiger partial charge in [-0.3, -0.25) is 9.59 Å². The van der Waals surface area contributed by atoms with Crippen LogP contribution in [0.4, 0.5) is 0 Å². The van der Waals surface area contributed by atoms with Crippen LogP contribution in [0.3, 0.4) is 0 Å². The van der Waals surface area contributed by atoms with E-state index in [9.17, 15) is 9.59 Å². The first kappa shape index (κ1) is 16.3. The van der Waals surface area contributed by atoms with E-state index in [2.05, 4.69) is 0 Å². The van der Waals surface area contributed by atoms with Gasteiger partial charge in [-0.1, -0.05) is 35.3 Å². The van der Waals surface area contributed by atoms with Crippen molar-refractivity contribution in [2.45, 2.75) is 0 Å². The Morgan fingerprint density at radius 2 is 1.48 bits per heavy atom. The highest BCUT2D eigenvalue weighted by Crippen LogP contribution is 2.23. The normalized spacial score (nSPS) is 14.9. The minimum Gasteiger partial charge on any atom is -0.335 e. The molecule has 0 aliphatic carbocycles. The molecule has 0 N–H and O–H groups in total. The minimum atomic E-state index is -0.0955. The molecule has 0 saturated carbocycles. The summed E-state index contributed by atoms with van der Waals surface area (Å²) in [6.07, 6.45) is 0. The molecular formula is C16H14Cl2N2O2S. The van der Waals surface area contributed by atoms with Crippen molar-refractivity contribution in [3.8, 4) is 0 Å². The second-order valence-electron chi connectivity index (χ2n) is 5.17. The number of amides is 2. The fraction of sp³-hybridized carbons (Fsp3) is 0.250. The third kappa shape index (κ3) is 3.52. The molecule has 3 rings (SSSR count). The van der Waals surface area contributed by atoms with Gasteiger partial charge in [-0.15, -0.1) is 11.3 Å². The van der Waals surface area contributed by atoms with Gasteiger partial charge in [0.05, 0.1) is 19.8 Å². The Balaban J connectivity index is 1.63. The summed E-state index contributed by atoms with van der Waals surface area (Å²) in [5.41, 5.74) is 0.499. The summed E-state index contributed by atoms with van der Waals surface area (Å²) in [6, 6.07) is 10.5. The van der Waals surface area contributed by atoms with Gasteiger partial charge in [0.15, 0.2) is 0 Å². The highest BCUT2D eigenvalue weighted by atomic mass is 35.5. The average Bonchev–Trinajstić information content (AvgIpc) is 3.01. The number of rotatable bonds is 2. The van der Waals surface area contributed by atoms with Crippen molar-refractivity contribution in [2.75, 3.05) is 26.2 Å². The number of halogens is 2. The molecule has 2 heterocycles. The van der Waals surface area contributed by atoms with Gasteiger partial charge in [-0.05, 0) is 24.3 Å². The molecule has 2 aromatic rings. The molecule has 0 spiro atoms. The third-order valence-electron chi connectivity index (χ3n) is 3.74. The number of hydrogen-bond acceptors (Lipinski definition) is 3. The Hall–Kier alpha value is -1.56. The second kappa shape index (κ2) is 6.91. The van der Waals surface area contributed by atoms with Crippen LogP contribution in [-0.2, 0) is 0 Å². The number of thiophene rings is 1. The van der Waals surface area contributed by atoms with Gasteiger partial charge < -0.3 is 9.80 Å². The summed E-state index contributed by atoms with van der Waals surface area (Å²) in [4.78, 5) is 29.0. The van der Waals surface area contributed by atoms with Crippen LogP contribution in [0.15, 0.2) is 36.4 Å². The summed E-state index contributed by atoms with van der Waals surface area (Å²) < 4.78 is 0.598. The number of hydrogen-bond donors (Lipinski definition) is 0. The van der Waals surface area contributed by atoms with E-state index in [1.807, 2.05) is 0 Å². The molecule has 1 aliphatic rings. The van der Waals surface area contributed by atoms with Crippen LogP contribution in [0.5, 0.6) is 0 Å². The van der Waals surface area contributed by atoms with Gasteiger partial charge >= 0.3 is 0 Å². The van der Waals surface area contributed by atoms with E-state index in [1.54, 1.807) is 46.2 Å². The van der Waals surface area contributed by atoms with E-state index in [1.165, 1.54) is 11.3 Å². The molecule has 0 radical (unpaired) electrons. The van der Waals surface area contributed by atoms with Crippen molar-refractivity contribution in [1.29, 1.82) is 0 Å². The summed E-state index contributed by atoms with van der Waals surface area (Å²) in [5, 5.41) is 0.448. The van der Waals surface area contributed by atoms with Crippen molar-refractivity contribution in [1.82, 2.24) is 9.80 Å². The monoisotopic (exact) mass is 368 g/mol. The van der Waals surface area contributed by atoms with Crippen LogP contribution >= 0.6 is 34.5 Å². The van der Waals surface area contributed by atoms with Gasteiger partial charge in [0.1, 0.15) is 0 Å². The van der Waals surface area contributed by atoms with Crippen molar-refractivity contribution in [3.63, 3.8) is 0 Å². The zero-order chi connectivity index (χ0) is 16.4. The highest BCUT2D eigenvalue weighted by molar-refractivity contribution is 7.17. The number of piperazine rings is 1. The van der Waals surface area contributed by atoms with Crippen LogP contribution in [0.2, 0.25) is 9.36 Å². The fourth-order valence-electron chi connectivity index (χ4n) is 2.50. The predicted molar refractivity (Wildman–Crippen MR) is 92.6 cm³/mol. The largest absolute Gasteiger partial charge is 0.335 e. The Labute approximate surface area is 148 Å². The van der Waals surface area contributed by atoms with Crippen LogP contribution in [0.25, 0.3) is 0 Å². The molecule has 4 nitrogen and oxygen atoms in total. The number of benzene rings is 1. The Morgan fingerprint density at radius 1 is 0.870 bits per heavy atom. The summed E-state index contributed by atoms with van der Waals surface area (Å²) >= 11 is 13.2. The maximum absolute atomic E-state index is 12.5. The molecule has 1 fully saturated rings. The Morgan fingerprint density at radius 3 is 2.04 bits per heavy atom. The quantitative estimate of drug-likeness (QED) is 0.811. The van der Waals surface area contributed by atoms with Gasteiger partial charge in [-0.2, -0.15) is 0 Å². The van der Waals surface area contributed by atoms with E-state index in [0.717, 1.165) is 0 Å². The summed E-state index contributed by atoms with van der Waals surface area (Å²) in [5.74, 6) is -0.131. The molecule has 1 aliphatic heterocycles. The molecule has 7 heteroatoms. The number of carbonyl (C=O) groups excluding carboxylic acids is 2. The topological polar surface area (TPSA) is 40.6 Å². The van der Waals surface area contributed by atoms with Crippen LogP contribution in [0, 0.1) is 0 Å². The van der Waals surface area contributed by atoms with Gasteiger partial charge in [0.25, 0.3) is 11.8 Å². The Bertz CT molecular complexity index is 739. The van der Waals surface area contributed by atoms with E-state index in [0.29, 0.717) is 46.0 Å². The van der Waals surface area contributed by atoms with Crippen LogP contribution in [-0.4, -0.2) is 47.8 Å². The standard InChI is InChI=1S/C16H14Cl2N2O2S/c17-12-4-2-1-3-11(12)15(21)19-7-9-20(10-8-19)16(22)13-5-6-14(18)23-13/h1-6H,7-10H2. The van der Waals surface area contributed by atoms with Crippen molar-refractivity contribution < 1.29 is 9.59 Å². The number of carbonyl (C=O) groups is 2. The molecule has 120 valence electrons. The predicted octanol–water partition coefficient (Wildman–Crippen LogP) is 3.65. The van der Waals surface area contributed by atoms with E-state index >= 15 is 0 Å². The van der Waals surface area contributed by atoms with Gasteiger partial charge in [0.2, 0.25) is 0 Å². The first-order valence-electron chi connectivity index (χ1n) is 7.14. The molecule has 0 unspecified atom stereocenters. The molecule has 2 amide bonds. The molecule has 0 atom stereocenters. The molecule has 0 bridgehead atoms. The maximum Gasteiger partial charge on any atom is 0.264 e. The van der Waals surface area contributed by atoms with Crippen molar-refractivity contribution >= 4 is 46.4 Å². The SMILES string of the molecule is O=C(c1ccc(Cl)s1)N1CCN(C(=O)c2ccccc2Cl)CC1. The van der Waals surface area contributed by atoms with Crippen molar-refractivity contribution in [2.24, 2.45) is 0 Å². The lowest BCUT2D eigenvalue weighted by atomic mass is 10.2. The summed E-state index contributed by atoms with van der Waals surface area (Å²) in [7, 11) is 0. The summed E-state index contributed by atoms with van der Waals surface area (Å²) in [6.45, 7) is 2.00. The number of nitrogens with zero attached hydrogens (tertiary/aromatic N) is 2. The van der Waals surface area contributed by atoms with Crippen molar-refractivity contribution in [3.05, 3.63) is 56.2 Å². The molecule has 23 heavy (non-hydrogen) atoms.